The van der Waals surface area contributed by atoms with E-state index in [-0.39, 0.29) is 5.78 Å². The van der Waals surface area contributed by atoms with Crippen molar-refractivity contribution in [2.24, 2.45) is 0 Å². The Morgan fingerprint density at radius 2 is 1.77 bits per heavy atom. The second-order valence-electron chi connectivity index (χ2n) is 6.96. The third-order valence-corrected chi connectivity index (χ3v) is 4.68. The monoisotopic (exact) mass is 395 g/mol. The number of hydrogen-bond donors (Lipinski definition) is 0. The number of carbonyl (C=O) groups excluding carboxylic acids is 1. The SMILES string of the molecule is Cc1cc(-c2ccc(CCC(=O)c3ccc(Oc4ccccc4)nc3)cn2)ccn1. The summed E-state index contributed by atoms with van der Waals surface area (Å²) in [6, 6.07) is 20.8. The molecule has 3 aromatic heterocycles. The second kappa shape index (κ2) is 9.09. The van der Waals surface area contributed by atoms with Gasteiger partial charge in [-0.3, -0.25) is 14.8 Å². The molecule has 0 unspecified atom stereocenters. The first-order valence-corrected chi connectivity index (χ1v) is 9.77. The summed E-state index contributed by atoms with van der Waals surface area (Å²) in [6.45, 7) is 1.96. The number of aromatic nitrogens is 3. The summed E-state index contributed by atoms with van der Waals surface area (Å²) in [7, 11) is 0. The zero-order valence-corrected chi connectivity index (χ0v) is 16.7. The Morgan fingerprint density at radius 3 is 2.47 bits per heavy atom. The van der Waals surface area contributed by atoms with Crippen LogP contribution in [0.5, 0.6) is 11.6 Å². The van der Waals surface area contributed by atoms with Crippen LogP contribution in [0.2, 0.25) is 0 Å². The van der Waals surface area contributed by atoms with Gasteiger partial charge in [0.1, 0.15) is 5.75 Å². The molecule has 0 aliphatic heterocycles. The molecule has 0 spiro atoms. The largest absolute Gasteiger partial charge is 0.439 e. The molecule has 3 heterocycles. The Kier molecular flexibility index (Phi) is 5.90. The summed E-state index contributed by atoms with van der Waals surface area (Å²) in [5.41, 5.74) is 4.49. The van der Waals surface area contributed by atoms with Crippen LogP contribution in [-0.4, -0.2) is 20.7 Å². The summed E-state index contributed by atoms with van der Waals surface area (Å²) in [6.07, 6.45) is 6.20. The third kappa shape index (κ3) is 4.94. The van der Waals surface area contributed by atoms with E-state index in [4.69, 9.17) is 4.74 Å². The molecule has 0 radical (unpaired) electrons. The van der Waals surface area contributed by atoms with Crippen molar-refractivity contribution in [2.75, 3.05) is 0 Å². The van der Waals surface area contributed by atoms with E-state index in [0.29, 0.717) is 30.0 Å². The van der Waals surface area contributed by atoms with E-state index in [9.17, 15) is 4.79 Å². The van der Waals surface area contributed by atoms with Crippen molar-refractivity contribution in [3.8, 4) is 22.9 Å². The predicted octanol–water partition coefficient (Wildman–Crippen LogP) is 5.45. The van der Waals surface area contributed by atoms with Gasteiger partial charge >= 0.3 is 0 Å². The van der Waals surface area contributed by atoms with Gasteiger partial charge in [0, 0.05) is 47.9 Å². The molecule has 0 saturated carbocycles. The van der Waals surface area contributed by atoms with Crippen LogP contribution < -0.4 is 4.74 Å². The molecule has 4 aromatic rings. The Labute approximate surface area is 175 Å². The minimum atomic E-state index is 0.0441. The van der Waals surface area contributed by atoms with Crippen molar-refractivity contribution in [2.45, 2.75) is 19.8 Å². The maximum Gasteiger partial charge on any atom is 0.219 e. The van der Waals surface area contributed by atoms with Crippen molar-refractivity contribution in [1.29, 1.82) is 0 Å². The lowest BCUT2D eigenvalue weighted by atomic mass is 10.0. The Morgan fingerprint density at radius 1 is 0.900 bits per heavy atom. The molecule has 0 amide bonds. The number of carbonyl (C=O) groups is 1. The fourth-order valence-electron chi connectivity index (χ4n) is 3.07. The first-order chi connectivity index (χ1) is 14.7. The van der Waals surface area contributed by atoms with E-state index in [1.807, 2.05) is 67.7 Å². The van der Waals surface area contributed by atoms with Gasteiger partial charge in [0.25, 0.3) is 0 Å². The summed E-state index contributed by atoms with van der Waals surface area (Å²) < 4.78 is 5.66. The highest BCUT2D eigenvalue weighted by Gasteiger charge is 2.09. The fourth-order valence-corrected chi connectivity index (χ4v) is 3.07. The molecule has 148 valence electrons. The van der Waals surface area contributed by atoms with Crippen LogP contribution in [0.4, 0.5) is 0 Å². The summed E-state index contributed by atoms with van der Waals surface area (Å²) in [5, 5.41) is 0. The van der Waals surface area contributed by atoms with Gasteiger partial charge in [0.15, 0.2) is 5.78 Å². The molecule has 0 aliphatic rings. The molecule has 0 fully saturated rings. The smallest absolute Gasteiger partial charge is 0.219 e. The highest BCUT2D eigenvalue weighted by Crippen LogP contribution is 2.20. The molecule has 0 aliphatic carbocycles. The van der Waals surface area contributed by atoms with E-state index < -0.39 is 0 Å². The van der Waals surface area contributed by atoms with Crippen LogP contribution in [-0.2, 0) is 6.42 Å². The molecule has 30 heavy (non-hydrogen) atoms. The van der Waals surface area contributed by atoms with Crippen LogP contribution in [0.1, 0.15) is 28.0 Å². The minimum Gasteiger partial charge on any atom is -0.439 e. The van der Waals surface area contributed by atoms with Crippen LogP contribution in [0.3, 0.4) is 0 Å². The summed E-state index contributed by atoms with van der Waals surface area (Å²) in [5.74, 6) is 1.22. The molecule has 0 saturated heterocycles. The molecule has 5 nitrogen and oxygen atoms in total. The average Bonchev–Trinajstić information content (AvgIpc) is 2.79. The van der Waals surface area contributed by atoms with Crippen LogP contribution in [0.25, 0.3) is 11.3 Å². The van der Waals surface area contributed by atoms with Gasteiger partial charge < -0.3 is 4.74 Å². The normalized spacial score (nSPS) is 10.6. The van der Waals surface area contributed by atoms with Gasteiger partial charge in [-0.2, -0.15) is 0 Å². The van der Waals surface area contributed by atoms with E-state index >= 15 is 0 Å². The molecule has 5 heteroatoms. The maximum atomic E-state index is 12.5. The van der Waals surface area contributed by atoms with Crippen LogP contribution >= 0.6 is 0 Å². The second-order valence-corrected chi connectivity index (χ2v) is 6.96. The summed E-state index contributed by atoms with van der Waals surface area (Å²) >= 11 is 0. The van der Waals surface area contributed by atoms with E-state index in [2.05, 4.69) is 15.0 Å². The first kappa shape index (κ1) is 19.5. The summed E-state index contributed by atoms with van der Waals surface area (Å²) in [4.78, 5) is 25.5. The fraction of sp³-hybridized carbons (Fsp3) is 0.120. The van der Waals surface area contributed by atoms with Gasteiger partial charge in [0.2, 0.25) is 5.88 Å². The first-order valence-electron chi connectivity index (χ1n) is 9.77. The highest BCUT2D eigenvalue weighted by molar-refractivity contribution is 5.95. The van der Waals surface area contributed by atoms with E-state index in [0.717, 1.165) is 22.5 Å². The molecular weight excluding hydrogens is 374 g/mol. The standard InChI is InChI=1S/C25H21N3O2/c1-18-15-20(13-14-26-18)23-10-7-19(16-27-23)8-11-24(29)21-9-12-25(28-17-21)30-22-5-3-2-4-6-22/h2-7,9-10,12-17H,8,11H2,1H3. The number of ether oxygens (including phenoxy) is 1. The van der Waals surface area contributed by atoms with Crippen molar-refractivity contribution < 1.29 is 9.53 Å². The number of hydrogen-bond acceptors (Lipinski definition) is 5. The number of Topliss-reactive ketones (excluding diaryl/α,β-unsaturated/α-hetero) is 1. The molecule has 4 rings (SSSR count). The molecule has 1 aromatic carbocycles. The lowest BCUT2D eigenvalue weighted by Gasteiger charge is -2.06. The molecular formula is C25H21N3O2. The van der Waals surface area contributed by atoms with Crippen molar-refractivity contribution in [3.63, 3.8) is 0 Å². The quantitative estimate of drug-likeness (QED) is 0.389. The number of aryl methyl sites for hydroxylation is 2. The van der Waals surface area contributed by atoms with Crippen molar-refractivity contribution in [1.82, 2.24) is 15.0 Å². The number of benzene rings is 1. The van der Waals surface area contributed by atoms with Crippen molar-refractivity contribution in [3.05, 3.63) is 102 Å². The number of nitrogens with zero attached hydrogens (tertiary/aromatic N) is 3. The Balaban J connectivity index is 1.34. The average molecular weight is 395 g/mol. The van der Waals surface area contributed by atoms with Crippen molar-refractivity contribution >= 4 is 5.78 Å². The zero-order chi connectivity index (χ0) is 20.8. The Hall–Kier alpha value is -3.86. The lowest BCUT2D eigenvalue weighted by Crippen LogP contribution is -2.02. The van der Waals surface area contributed by atoms with Gasteiger partial charge in [-0.25, -0.2) is 4.98 Å². The molecule has 0 atom stereocenters. The predicted molar refractivity (Wildman–Crippen MR) is 116 cm³/mol. The zero-order valence-electron chi connectivity index (χ0n) is 16.7. The molecule has 0 bridgehead atoms. The Bertz CT molecular complexity index is 1130. The minimum absolute atomic E-state index is 0.0441. The van der Waals surface area contributed by atoms with Crippen LogP contribution in [0, 0.1) is 6.92 Å². The van der Waals surface area contributed by atoms with Gasteiger partial charge in [-0.15, -0.1) is 0 Å². The van der Waals surface area contributed by atoms with Gasteiger partial charge in [-0.05, 0) is 55.3 Å². The van der Waals surface area contributed by atoms with Crippen LogP contribution in [0.15, 0.2) is 85.3 Å². The molecule has 0 N–H and O–H groups in total. The third-order valence-electron chi connectivity index (χ3n) is 4.68. The number of para-hydroxylation sites is 1. The topological polar surface area (TPSA) is 65.0 Å². The number of ketones is 1. The number of rotatable bonds is 7. The van der Waals surface area contributed by atoms with Gasteiger partial charge in [-0.1, -0.05) is 24.3 Å². The lowest BCUT2D eigenvalue weighted by molar-refractivity contribution is 0.0982. The number of pyridine rings is 3. The highest BCUT2D eigenvalue weighted by atomic mass is 16.5. The maximum absolute atomic E-state index is 12.5. The van der Waals surface area contributed by atoms with E-state index in [1.165, 1.54) is 0 Å². The van der Waals surface area contributed by atoms with Gasteiger partial charge in [0.05, 0.1) is 5.69 Å². The van der Waals surface area contributed by atoms with E-state index in [1.54, 1.807) is 24.5 Å².